The molecule has 1 fully saturated rings. The van der Waals surface area contributed by atoms with Gasteiger partial charge in [0.05, 0.1) is 6.20 Å². The van der Waals surface area contributed by atoms with Crippen LogP contribution in [0.2, 0.25) is 0 Å². The largest absolute Gasteiger partial charge is 0.330 e. The van der Waals surface area contributed by atoms with E-state index in [-0.39, 0.29) is 0 Å². The molecule has 1 aliphatic rings. The van der Waals surface area contributed by atoms with Gasteiger partial charge >= 0.3 is 0 Å². The lowest BCUT2D eigenvalue weighted by molar-refractivity contribution is 0.283. The van der Waals surface area contributed by atoms with E-state index in [0.29, 0.717) is 5.41 Å². The van der Waals surface area contributed by atoms with Crippen LogP contribution in [0.4, 0.5) is 0 Å². The van der Waals surface area contributed by atoms with Gasteiger partial charge < -0.3 is 5.73 Å². The Bertz CT molecular complexity index is 310. The normalized spacial score (nSPS) is 19.6. The quantitative estimate of drug-likeness (QED) is 0.819. The van der Waals surface area contributed by atoms with Crippen molar-refractivity contribution < 1.29 is 0 Å². The zero-order chi connectivity index (χ0) is 10.7. The van der Waals surface area contributed by atoms with Gasteiger partial charge in [-0.25, -0.2) is 0 Å². The third-order valence-electron chi connectivity index (χ3n) is 3.80. The summed E-state index contributed by atoms with van der Waals surface area (Å²) < 4.78 is 1.87. The van der Waals surface area contributed by atoms with Gasteiger partial charge in [0.25, 0.3) is 0 Å². The molecule has 0 unspecified atom stereocenters. The molecule has 1 aromatic rings. The molecule has 1 heterocycles. The van der Waals surface area contributed by atoms with Crippen molar-refractivity contribution in [3.05, 3.63) is 18.0 Å². The van der Waals surface area contributed by atoms with Gasteiger partial charge in [-0.1, -0.05) is 12.8 Å². The fourth-order valence-corrected chi connectivity index (χ4v) is 2.69. The summed E-state index contributed by atoms with van der Waals surface area (Å²) in [6.07, 6.45) is 11.8. The van der Waals surface area contributed by atoms with E-state index in [2.05, 4.69) is 11.3 Å². The number of nitrogens with zero attached hydrogens (tertiary/aromatic N) is 2. The van der Waals surface area contributed by atoms with Crippen LogP contribution >= 0.6 is 0 Å². The molecule has 0 aliphatic heterocycles. The summed E-state index contributed by atoms with van der Waals surface area (Å²) in [6.45, 7) is 0.854. The first-order valence-corrected chi connectivity index (χ1v) is 5.92. The van der Waals surface area contributed by atoms with Crippen molar-refractivity contribution in [1.29, 1.82) is 0 Å². The van der Waals surface area contributed by atoms with Crippen LogP contribution in [0.25, 0.3) is 0 Å². The molecule has 0 amide bonds. The monoisotopic (exact) mass is 207 g/mol. The Morgan fingerprint density at radius 2 is 2.20 bits per heavy atom. The zero-order valence-electron chi connectivity index (χ0n) is 9.58. The molecule has 1 aliphatic carbocycles. The molecule has 0 bridgehead atoms. The van der Waals surface area contributed by atoms with E-state index in [0.717, 1.165) is 13.0 Å². The van der Waals surface area contributed by atoms with Crippen LogP contribution in [0.5, 0.6) is 0 Å². The number of aryl methyl sites for hydroxylation is 2. The smallest absolute Gasteiger partial charge is 0.0521 e. The Morgan fingerprint density at radius 3 is 2.73 bits per heavy atom. The minimum Gasteiger partial charge on any atom is -0.330 e. The maximum atomic E-state index is 5.92. The number of hydrogen-bond acceptors (Lipinski definition) is 2. The first-order valence-electron chi connectivity index (χ1n) is 5.92. The Hall–Kier alpha value is -0.830. The number of nitrogens with two attached hydrogens (primary N) is 1. The highest BCUT2D eigenvalue weighted by atomic mass is 15.2. The van der Waals surface area contributed by atoms with Gasteiger partial charge in [-0.05, 0) is 43.2 Å². The van der Waals surface area contributed by atoms with E-state index in [9.17, 15) is 0 Å². The lowest BCUT2D eigenvalue weighted by atomic mass is 9.81. The Kier molecular flexibility index (Phi) is 3.10. The number of hydrogen-bond donors (Lipinski definition) is 1. The van der Waals surface area contributed by atoms with Crippen molar-refractivity contribution in [3.63, 3.8) is 0 Å². The highest BCUT2D eigenvalue weighted by Crippen LogP contribution is 2.40. The van der Waals surface area contributed by atoms with E-state index in [1.54, 1.807) is 0 Å². The van der Waals surface area contributed by atoms with Gasteiger partial charge in [0.2, 0.25) is 0 Å². The van der Waals surface area contributed by atoms with E-state index >= 15 is 0 Å². The van der Waals surface area contributed by atoms with Crippen LogP contribution < -0.4 is 5.73 Å². The van der Waals surface area contributed by atoms with Gasteiger partial charge in [0.1, 0.15) is 0 Å². The fourth-order valence-electron chi connectivity index (χ4n) is 2.69. The average molecular weight is 207 g/mol. The first-order chi connectivity index (χ1) is 7.24. The second-order valence-electron chi connectivity index (χ2n) is 4.93. The maximum Gasteiger partial charge on any atom is 0.0521 e. The third kappa shape index (κ3) is 2.40. The topological polar surface area (TPSA) is 43.8 Å². The summed E-state index contributed by atoms with van der Waals surface area (Å²) in [5.74, 6) is 0. The summed E-state index contributed by atoms with van der Waals surface area (Å²) in [6, 6.07) is 0. The van der Waals surface area contributed by atoms with Gasteiger partial charge in [-0.15, -0.1) is 0 Å². The van der Waals surface area contributed by atoms with E-state index < -0.39 is 0 Å². The Balaban J connectivity index is 1.91. The van der Waals surface area contributed by atoms with Gasteiger partial charge in [0.15, 0.2) is 0 Å². The second-order valence-corrected chi connectivity index (χ2v) is 4.93. The zero-order valence-corrected chi connectivity index (χ0v) is 9.58. The molecule has 3 heteroatoms. The first kappa shape index (κ1) is 10.7. The van der Waals surface area contributed by atoms with Crippen LogP contribution in [-0.4, -0.2) is 16.3 Å². The Morgan fingerprint density at radius 1 is 1.47 bits per heavy atom. The molecule has 0 aromatic carbocycles. The van der Waals surface area contributed by atoms with Gasteiger partial charge in [0, 0.05) is 13.2 Å². The standard InChI is InChI=1S/C12H21N3/c1-15-9-11(8-14-15)4-7-12(10-13)5-2-3-6-12/h8-9H,2-7,10,13H2,1H3. The third-order valence-corrected chi connectivity index (χ3v) is 3.80. The van der Waals surface area contributed by atoms with Crippen molar-refractivity contribution in [2.45, 2.75) is 38.5 Å². The molecule has 2 N–H and O–H groups in total. The molecule has 0 spiro atoms. The van der Waals surface area contributed by atoms with Crippen LogP contribution in [0.3, 0.4) is 0 Å². The molecular formula is C12H21N3. The predicted octanol–water partition coefficient (Wildman–Crippen LogP) is 1.87. The molecule has 1 aromatic heterocycles. The molecule has 2 rings (SSSR count). The summed E-state index contributed by atoms with van der Waals surface area (Å²) in [4.78, 5) is 0. The molecular weight excluding hydrogens is 186 g/mol. The van der Waals surface area contributed by atoms with Crippen molar-refractivity contribution in [1.82, 2.24) is 9.78 Å². The molecule has 15 heavy (non-hydrogen) atoms. The lowest BCUT2D eigenvalue weighted by Gasteiger charge is -2.26. The molecule has 0 radical (unpaired) electrons. The maximum absolute atomic E-state index is 5.92. The van der Waals surface area contributed by atoms with Crippen LogP contribution in [0, 0.1) is 5.41 Å². The summed E-state index contributed by atoms with van der Waals surface area (Å²) >= 11 is 0. The lowest BCUT2D eigenvalue weighted by Crippen LogP contribution is -2.27. The molecule has 0 saturated heterocycles. The number of rotatable bonds is 4. The van der Waals surface area contributed by atoms with E-state index in [4.69, 9.17) is 5.73 Å². The minimum absolute atomic E-state index is 0.440. The highest BCUT2D eigenvalue weighted by Gasteiger charge is 2.31. The molecule has 0 atom stereocenters. The van der Waals surface area contributed by atoms with E-state index in [1.807, 2.05) is 17.9 Å². The number of aromatic nitrogens is 2. The van der Waals surface area contributed by atoms with Crippen molar-refractivity contribution in [2.24, 2.45) is 18.2 Å². The SMILES string of the molecule is Cn1cc(CCC2(CN)CCCC2)cn1. The predicted molar refractivity (Wildman–Crippen MR) is 61.5 cm³/mol. The van der Waals surface area contributed by atoms with Gasteiger partial charge in [-0.2, -0.15) is 5.10 Å². The van der Waals surface area contributed by atoms with Crippen LogP contribution in [0.15, 0.2) is 12.4 Å². The van der Waals surface area contributed by atoms with Gasteiger partial charge in [-0.3, -0.25) is 4.68 Å². The fraction of sp³-hybridized carbons (Fsp3) is 0.750. The van der Waals surface area contributed by atoms with Crippen LogP contribution in [-0.2, 0) is 13.5 Å². The Labute approximate surface area is 91.7 Å². The second kappa shape index (κ2) is 4.35. The molecule has 3 nitrogen and oxygen atoms in total. The van der Waals surface area contributed by atoms with Crippen molar-refractivity contribution >= 4 is 0 Å². The minimum atomic E-state index is 0.440. The molecule has 1 saturated carbocycles. The summed E-state index contributed by atoms with van der Waals surface area (Å²) in [5.41, 5.74) is 7.70. The van der Waals surface area contributed by atoms with Crippen LogP contribution in [0.1, 0.15) is 37.7 Å². The van der Waals surface area contributed by atoms with E-state index in [1.165, 1.54) is 37.7 Å². The average Bonchev–Trinajstić information content (AvgIpc) is 2.85. The van der Waals surface area contributed by atoms with Crippen molar-refractivity contribution in [2.75, 3.05) is 6.54 Å². The van der Waals surface area contributed by atoms with Crippen molar-refractivity contribution in [3.8, 4) is 0 Å². The highest BCUT2D eigenvalue weighted by molar-refractivity contribution is 5.05. The summed E-state index contributed by atoms with van der Waals surface area (Å²) in [5, 5.41) is 4.20. The molecule has 84 valence electrons. The summed E-state index contributed by atoms with van der Waals surface area (Å²) in [7, 11) is 1.97.